The number of benzene rings is 2. The van der Waals surface area contributed by atoms with E-state index in [1.54, 1.807) is 17.8 Å². The zero-order valence-corrected chi connectivity index (χ0v) is 12.7. The van der Waals surface area contributed by atoms with Crippen LogP contribution in [0.15, 0.2) is 40.1 Å². The molecule has 1 aliphatic heterocycles. The summed E-state index contributed by atoms with van der Waals surface area (Å²) in [5.41, 5.74) is 2.19. The topological polar surface area (TPSA) is 29.5 Å². The summed E-state index contributed by atoms with van der Waals surface area (Å²) < 4.78 is 5.80. The molecule has 0 aliphatic carbocycles. The highest BCUT2D eigenvalue weighted by Crippen LogP contribution is 2.49. The number of phenolic OH excluding ortho intramolecular Hbond substituents is 1. The second-order valence-electron chi connectivity index (χ2n) is 4.75. The lowest BCUT2D eigenvalue weighted by molar-refractivity contribution is 0.309. The van der Waals surface area contributed by atoms with Gasteiger partial charge in [-0.1, -0.05) is 42.4 Å². The van der Waals surface area contributed by atoms with Crippen LogP contribution in [0.5, 0.6) is 11.5 Å². The van der Waals surface area contributed by atoms with Crippen LogP contribution in [0.3, 0.4) is 0 Å². The Hall–Kier alpha value is -1.32. The predicted molar refractivity (Wildman–Crippen MR) is 82.3 cm³/mol. The summed E-state index contributed by atoms with van der Waals surface area (Å²) in [6.07, 6.45) is 1.69. The van der Waals surface area contributed by atoms with E-state index >= 15 is 0 Å². The average molecular weight is 307 g/mol. The van der Waals surface area contributed by atoms with Crippen molar-refractivity contribution in [2.45, 2.75) is 29.6 Å². The van der Waals surface area contributed by atoms with E-state index in [1.807, 2.05) is 24.3 Å². The van der Waals surface area contributed by atoms with Crippen molar-refractivity contribution >= 4 is 23.4 Å². The number of ether oxygens (including phenoxy) is 1. The molecule has 2 aromatic carbocycles. The molecule has 0 saturated heterocycles. The van der Waals surface area contributed by atoms with E-state index < -0.39 is 0 Å². The van der Waals surface area contributed by atoms with Crippen molar-refractivity contribution in [3.8, 4) is 11.5 Å². The fourth-order valence-corrected chi connectivity index (χ4v) is 3.77. The van der Waals surface area contributed by atoms with E-state index in [9.17, 15) is 5.11 Å². The first-order chi connectivity index (χ1) is 9.70. The van der Waals surface area contributed by atoms with Crippen molar-refractivity contribution in [2.75, 3.05) is 6.61 Å². The molecule has 0 saturated carbocycles. The molecule has 0 aromatic heterocycles. The Morgan fingerprint density at radius 3 is 2.90 bits per heavy atom. The summed E-state index contributed by atoms with van der Waals surface area (Å²) in [5.74, 6) is 1.17. The van der Waals surface area contributed by atoms with E-state index in [0.29, 0.717) is 12.4 Å². The van der Waals surface area contributed by atoms with Gasteiger partial charge in [-0.3, -0.25) is 0 Å². The van der Waals surface area contributed by atoms with Crippen LogP contribution in [0.25, 0.3) is 0 Å². The molecule has 2 aromatic rings. The largest absolute Gasteiger partial charge is 0.507 e. The molecule has 1 aliphatic rings. The van der Waals surface area contributed by atoms with Gasteiger partial charge in [-0.2, -0.15) is 0 Å². The Balaban J connectivity index is 2.06. The number of fused-ring (bicyclic) bond motifs is 2. The van der Waals surface area contributed by atoms with Gasteiger partial charge in [0.15, 0.2) is 0 Å². The highest BCUT2D eigenvalue weighted by molar-refractivity contribution is 7.99. The Labute approximate surface area is 127 Å². The van der Waals surface area contributed by atoms with Gasteiger partial charge in [-0.05, 0) is 35.7 Å². The lowest BCUT2D eigenvalue weighted by atomic mass is 10.0. The Bertz CT molecular complexity index is 655. The third-order valence-corrected chi connectivity index (χ3v) is 4.96. The third kappa shape index (κ3) is 2.36. The van der Waals surface area contributed by atoms with Gasteiger partial charge in [0, 0.05) is 11.4 Å². The van der Waals surface area contributed by atoms with E-state index in [4.69, 9.17) is 16.3 Å². The van der Waals surface area contributed by atoms with Crippen molar-refractivity contribution in [1.82, 2.24) is 0 Å². The highest BCUT2D eigenvalue weighted by atomic mass is 35.5. The molecule has 1 N–H and O–H groups in total. The summed E-state index contributed by atoms with van der Waals surface area (Å²) in [7, 11) is 0. The Kier molecular flexibility index (Phi) is 3.81. The summed E-state index contributed by atoms with van der Waals surface area (Å²) in [4.78, 5) is 1.93. The molecule has 0 fully saturated rings. The van der Waals surface area contributed by atoms with Crippen LogP contribution in [-0.2, 0) is 6.42 Å². The first kappa shape index (κ1) is 13.7. The fraction of sp³-hybridized carbons (Fsp3) is 0.250. The summed E-state index contributed by atoms with van der Waals surface area (Å²) in [6.45, 7) is 2.76. The van der Waals surface area contributed by atoms with Crippen LogP contribution in [0.1, 0.15) is 24.5 Å². The first-order valence-electron chi connectivity index (χ1n) is 6.63. The van der Waals surface area contributed by atoms with Gasteiger partial charge in [0.2, 0.25) is 0 Å². The van der Waals surface area contributed by atoms with Crippen molar-refractivity contribution in [3.05, 3.63) is 46.5 Å². The maximum atomic E-state index is 10.0. The number of rotatable bonds is 3. The quantitative estimate of drug-likeness (QED) is 0.747. The van der Waals surface area contributed by atoms with Crippen molar-refractivity contribution in [2.24, 2.45) is 0 Å². The van der Waals surface area contributed by atoms with Crippen LogP contribution >= 0.6 is 23.4 Å². The van der Waals surface area contributed by atoms with Gasteiger partial charge in [0.25, 0.3) is 0 Å². The molecule has 0 amide bonds. The van der Waals surface area contributed by atoms with E-state index in [1.165, 1.54) is 0 Å². The Morgan fingerprint density at radius 1 is 1.25 bits per heavy atom. The predicted octanol–water partition coefficient (Wildman–Crippen LogP) is 4.89. The molecule has 0 bridgehead atoms. The van der Waals surface area contributed by atoms with Gasteiger partial charge >= 0.3 is 0 Å². The van der Waals surface area contributed by atoms with Crippen LogP contribution in [0.4, 0.5) is 0 Å². The number of halogens is 1. The second kappa shape index (κ2) is 5.58. The van der Waals surface area contributed by atoms with Crippen LogP contribution in [0, 0.1) is 0 Å². The third-order valence-electron chi connectivity index (χ3n) is 3.28. The molecule has 0 atom stereocenters. The number of hydrogen-bond acceptors (Lipinski definition) is 3. The average Bonchev–Trinajstić information content (AvgIpc) is 2.46. The summed E-state index contributed by atoms with van der Waals surface area (Å²) in [5, 5.41) is 10.8. The molecule has 20 heavy (non-hydrogen) atoms. The Morgan fingerprint density at radius 2 is 2.10 bits per heavy atom. The zero-order chi connectivity index (χ0) is 14.1. The van der Waals surface area contributed by atoms with Crippen molar-refractivity contribution < 1.29 is 9.84 Å². The van der Waals surface area contributed by atoms with Crippen molar-refractivity contribution in [1.29, 1.82) is 0 Å². The molecule has 2 nitrogen and oxygen atoms in total. The molecule has 104 valence electrons. The van der Waals surface area contributed by atoms with Crippen molar-refractivity contribution in [3.63, 3.8) is 0 Å². The molecule has 0 radical (unpaired) electrons. The molecule has 0 unspecified atom stereocenters. The SMILES string of the molecule is CCCOc1ccc(Cl)c2c1Sc1c(O)cccc1C2. The van der Waals surface area contributed by atoms with E-state index in [2.05, 4.69) is 6.92 Å². The lowest BCUT2D eigenvalue weighted by Gasteiger charge is -2.23. The van der Waals surface area contributed by atoms with E-state index in [-0.39, 0.29) is 0 Å². The molecule has 3 rings (SSSR count). The van der Waals surface area contributed by atoms with E-state index in [0.717, 1.165) is 44.5 Å². The number of phenols is 1. The summed E-state index contributed by atoms with van der Waals surface area (Å²) in [6, 6.07) is 9.41. The van der Waals surface area contributed by atoms with Gasteiger partial charge in [0.05, 0.1) is 16.4 Å². The molecule has 0 spiro atoms. The molecule has 1 heterocycles. The van der Waals surface area contributed by atoms with Crippen LogP contribution < -0.4 is 4.74 Å². The van der Waals surface area contributed by atoms with Crippen LogP contribution in [0.2, 0.25) is 5.02 Å². The number of hydrogen-bond donors (Lipinski definition) is 1. The lowest BCUT2D eigenvalue weighted by Crippen LogP contribution is -2.04. The molecular weight excluding hydrogens is 292 g/mol. The second-order valence-corrected chi connectivity index (χ2v) is 6.17. The highest BCUT2D eigenvalue weighted by Gasteiger charge is 2.24. The molecular formula is C16H15ClO2S. The zero-order valence-electron chi connectivity index (χ0n) is 11.1. The first-order valence-corrected chi connectivity index (χ1v) is 7.83. The monoisotopic (exact) mass is 306 g/mol. The molecule has 4 heteroatoms. The van der Waals surface area contributed by atoms with Gasteiger partial charge < -0.3 is 9.84 Å². The maximum Gasteiger partial charge on any atom is 0.133 e. The summed E-state index contributed by atoms with van der Waals surface area (Å²) >= 11 is 7.86. The minimum atomic E-state index is 0.319. The normalized spacial score (nSPS) is 12.7. The standard InChI is InChI=1S/C16H15ClO2S/c1-2-8-19-14-7-6-12(17)11-9-10-4-3-5-13(18)15(10)20-16(11)14/h3-7,18H,2,8-9H2,1H3. The van der Waals surface area contributed by atoms with Crippen LogP contribution in [-0.4, -0.2) is 11.7 Å². The number of aromatic hydroxyl groups is 1. The van der Waals surface area contributed by atoms with Gasteiger partial charge in [-0.25, -0.2) is 0 Å². The minimum Gasteiger partial charge on any atom is -0.507 e. The fourth-order valence-electron chi connectivity index (χ4n) is 2.31. The maximum absolute atomic E-state index is 10.0. The smallest absolute Gasteiger partial charge is 0.133 e. The van der Waals surface area contributed by atoms with Gasteiger partial charge in [-0.15, -0.1) is 0 Å². The van der Waals surface area contributed by atoms with Gasteiger partial charge in [0.1, 0.15) is 11.5 Å². The minimum absolute atomic E-state index is 0.319.